The number of anilines is 2. The molecule has 0 spiro atoms. The maximum absolute atomic E-state index is 13.0. The van der Waals surface area contributed by atoms with Crippen LogP contribution >= 0.6 is 11.8 Å². The van der Waals surface area contributed by atoms with E-state index in [4.69, 9.17) is 4.42 Å². The summed E-state index contributed by atoms with van der Waals surface area (Å²) in [6.07, 6.45) is 2.24. The van der Waals surface area contributed by atoms with Crippen molar-refractivity contribution in [2.24, 2.45) is 0 Å². The minimum absolute atomic E-state index is 0.0259. The van der Waals surface area contributed by atoms with Crippen LogP contribution in [-0.4, -0.2) is 34.8 Å². The molecule has 1 saturated heterocycles. The molecule has 0 saturated carbocycles. The summed E-state index contributed by atoms with van der Waals surface area (Å²) in [6.45, 7) is 0.422. The lowest BCUT2D eigenvalue weighted by atomic mass is 10.1. The van der Waals surface area contributed by atoms with E-state index in [2.05, 4.69) is 15.5 Å². The number of nitrogens with one attached hydrogen (secondary N) is 1. The molecule has 0 bridgehead atoms. The van der Waals surface area contributed by atoms with Crippen molar-refractivity contribution in [2.45, 2.75) is 17.2 Å². The molecule has 1 fully saturated rings. The molecule has 0 unspecified atom stereocenters. The Labute approximate surface area is 170 Å². The van der Waals surface area contributed by atoms with Crippen molar-refractivity contribution in [1.82, 2.24) is 10.2 Å². The van der Waals surface area contributed by atoms with Crippen molar-refractivity contribution in [3.05, 3.63) is 65.8 Å². The van der Waals surface area contributed by atoms with Crippen molar-refractivity contribution >= 4 is 35.3 Å². The zero-order chi connectivity index (χ0) is 20.4. The number of carbonyl (C=O) groups is 2. The van der Waals surface area contributed by atoms with Gasteiger partial charge in [0, 0.05) is 29.1 Å². The number of rotatable bonds is 5. The maximum atomic E-state index is 13.0. The predicted octanol–water partition coefficient (Wildman–Crippen LogP) is 3.70. The van der Waals surface area contributed by atoms with Crippen molar-refractivity contribution in [1.29, 1.82) is 0 Å². The Bertz CT molecular complexity index is 1040. The predicted molar refractivity (Wildman–Crippen MR) is 107 cm³/mol. The van der Waals surface area contributed by atoms with Gasteiger partial charge in [-0.3, -0.25) is 14.9 Å². The number of thioether (sulfide) groups is 1. The second-order valence-corrected chi connectivity index (χ2v) is 7.39. The van der Waals surface area contributed by atoms with Crippen LogP contribution in [0.15, 0.2) is 57.8 Å². The first-order chi connectivity index (χ1) is 14.0. The summed E-state index contributed by atoms with van der Waals surface area (Å²) in [5.41, 5.74) is 1.08. The molecule has 29 heavy (non-hydrogen) atoms. The standard InChI is InChI=1S/C20H17FN4O3S/c1-29-16-8-6-15(7-9-16)25-11-13(10-17(25)26)19-23-24-20(28-19)22-18(27)12-2-4-14(21)5-3-12/h2-9,13H,10-11H2,1H3,(H,22,24,27)/t13-/m1/s1. The monoisotopic (exact) mass is 412 g/mol. The Morgan fingerprint density at radius 3 is 2.59 bits per heavy atom. The smallest absolute Gasteiger partial charge is 0.322 e. The Morgan fingerprint density at radius 2 is 1.90 bits per heavy atom. The highest BCUT2D eigenvalue weighted by Crippen LogP contribution is 2.32. The second kappa shape index (κ2) is 8.04. The molecule has 1 N–H and O–H groups in total. The van der Waals surface area contributed by atoms with Gasteiger partial charge in [0.1, 0.15) is 5.82 Å². The van der Waals surface area contributed by atoms with Gasteiger partial charge in [-0.1, -0.05) is 5.10 Å². The van der Waals surface area contributed by atoms with Crippen molar-refractivity contribution in [2.75, 3.05) is 23.0 Å². The SMILES string of the molecule is CSc1ccc(N2C[C@H](c3nnc(NC(=O)c4ccc(F)cc4)o3)CC2=O)cc1. The number of carbonyl (C=O) groups excluding carboxylic acids is 2. The van der Waals surface area contributed by atoms with Crippen LogP contribution in [0.1, 0.15) is 28.6 Å². The van der Waals surface area contributed by atoms with E-state index in [-0.39, 0.29) is 35.7 Å². The second-order valence-electron chi connectivity index (χ2n) is 6.51. The van der Waals surface area contributed by atoms with E-state index in [1.54, 1.807) is 16.7 Å². The van der Waals surface area contributed by atoms with E-state index in [0.29, 0.717) is 6.54 Å². The number of hydrogen-bond donors (Lipinski definition) is 1. The topological polar surface area (TPSA) is 88.3 Å². The number of benzene rings is 2. The van der Waals surface area contributed by atoms with Crippen LogP contribution in [0.2, 0.25) is 0 Å². The summed E-state index contributed by atoms with van der Waals surface area (Å²) < 4.78 is 18.5. The molecular weight excluding hydrogens is 395 g/mol. The van der Waals surface area contributed by atoms with E-state index >= 15 is 0 Å². The summed E-state index contributed by atoms with van der Waals surface area (Å²) in [5, 5.41) is 10.3. The number of hydrogen-bond acceptors (Lipinski definition) is 6. The maximum Gasteiger partial charge on any atom is 0.322 e. The molecule has 1 aliphatic heterocycles. The largest absolute Gasteiger partial charge is 0.407 e. The van der Waals surface area contributed by atoms with Gasteiger partial charge in [0.2, 0.25) is 11.8 Å². The average Bonchev–Trinajstić information content (AvgIpc) is 3.35. The molecule has 1 aromatic heterocycles. The lowest BCUT2D eigenvalue weighted by Crippen LogP contribution is -2.24. The fourth-order valence-electron chi connectivity index (χ4n) is 3.11. The van der Waals surface area contributed by atoms with Gasteiger partial charge in [-0.05, 0) is 54.8 Å². The highest BCUT2D eigenvalue weighted by molar-refractivity contribution is 7.98. The Hall–Kier alpha value is -3.20. The van der Waals surface area contributed by atoms with E-state index in [1.807, 2.05) is 30.5 Å². The van der Waals surface area contributed by atoms with Gasteiger partial charge in [-0.25, -0.2) is 4.39 Å². The number of nitrogens with zero attached hydrogens (tertiary/aromatic N) is 3. The summed E-state index contributed by atoms with van der Waals surface area (Å²) >= 11 is 1.64. The van der Waals surface area contributed by atoms with Crippen molar-refractivity contribution < 1.29 is 18.4 Å². The minimum Gasteiger partial charge on any atom is -0.407 e. The van der Waals surface area contributed by atoms with Crippen LogP contribution < -0.4 is 10.2 Å². The van der Waals surface area contributed by atoms with Gasteiger partial charge < -0.3 is 9.32 Å². The normalized spacial score (nSPS) is 16.3. The van der Waals surface area contributed by atoms with Gasteiger partial charge in [0.05, 0.1) is 5.92 Å². The fraction of sp³-hybridized carbons (Fsp3) is 0.200. The van der Waals surface area contributed by atoms with Crippen molar-refractivity contribution in [3.63, 3.8) is 0 Å². The van der Waals surface area contributed by atoms with Gasteiger partial charge in [0.15, 0.2) is 0 Å². The van der Waals surface area contributed by atoms with Gasteiger partial charge in [0.25, 0.3) is 5.91 Å². The summed E-state index contributed by atoms with van der Waals surface area (Å²) in [6, 6.07) is 12.8. The van der Waals surface area contributed by atoms with Gasteiger partial charge in [-0.2, -0.15) is 0 Å². The molecule has 0 radical (unpaired) electrons. The lowest BCUT2D eigenvalue weighted by Gasteiger charge is -2.16. The quantitative estimate of drug-likeness (QED) is 0.643. The zero-order valence-electron chi connectivity index (χ0n) is 15.5. The summed E-state index contributed by atoms with van der Waals surface area (Å²) in [5.74, 6) is -0.914. The third kappa shape index (κ3) is 4.14. The molecule has 3 aromatic rings. The van der Waals surface area contributed by atoms with E-state index < -0.39 is 11.7 Å². The number of amides is 2. The van der Waals surface area contributed by atoms with Crippen LogP contribution in [0.4, 0.5) is 16.1 Å². The third-order valence-corrected chi connectivity index (χ3v) is 5.37. The van der Waals surface area contributed by atoms with Gasteiger partial charge in [-0.15, -0.1) is 16.9 Å². The Kier molecular flexibility index (Phi) is 5.30. The third-order valence-electron chi connectivity index (χ3n) is 4.63. The van der Waals surface area contributed by atoms with Crippen LogP contribution in [-0.2, 0) is 4.79 Å². The van der Waals surface area contributed by atoms with E-state index in [0.717, 1.165) is 10.6 Å². The van der Waals surface area contributed by atoms with E-state index in [9.17, 15) is 14.0 Å². The molecule has 0 aliphatic carbocycles. The molecule has 2 aromatic carbocycles. The van der Waals surface area contributed by atoms with Gasteiger partial charge >= 0.3 is 6.01 Å². The molecule has 9 heteroatoms. The number of halogens is 1. The first-order valence-electron chi connectivity index (χ1n) is 8.88. The molecule has 2 amide bonds. The molecule has 2 heterocycles. The lowest BCUT2D eigenvalue weighted by molar-refractivity contribution is -0.117. The number of aromatic nitrogens is 2. The zero-order valence-corrected chi connectivity index (χ0v) is 16.3. The Balaban J connectivity index is 1.43. The Morgan fingerprint density at radius 1 is 1.17 bits per heavy atom. The molecule has 1 aliphatic rings. The highest BCUT2D eigenvalue weighted by atomic mass is 32.2. The van der Waals surface area contributed by atoms with Crippen LogP contribution in [0.5, 0.6) is 0 Å². The fourth-order valence-corrected chi connectivity index (χ4v) is 3.51. The summed E-state index contributed by atoms with van der Waals surface area (Å²) in [7, 11) is 0. The molecular formula is C20H17FN4O3S. The summed E-state index contributed by atoms with van der Waals surface area (Å²) in [4.78, 5) is 27.4. The first kappa shape index (κ1) is 19.1. The minimum atomic E-state index is -0.488. The average molecular weight is 412 g/mol. The highest BCUT2D eigenvalue weighted by Gasteiger charge is 2.35. The van der Waals surface area contributed by atoms with Crippen LogP contribution in [0.25, 0.3) is 0 Å². The van der Waals surface area contributed by atoms with Crippen molar-refractivity contribution in [3.8, 4) is 0 Å². The molecule has 7 nitrogen and oxygen atoms in total. The van der Waals surface area contributed by atoms with E-state index in [1.165, 1.54) is 24.3 Å². The molecule has 148 valence electrons. The van der Waals surface area contributed by atoms with Crippen LogP contribution in [0, 0.1) is 5.82 Å². The molecule has 4 rings (SSSR count). The van der Waals surface area contributed by atoms with Crippen LogP contribution in [0.3, 0.4) is 0 Å². The molecule has 1 atom stereocenters. The first-order valence-corrected chi connectivity index (χ1v) is 10.1.